The lowest BCUT2D eigenvalue weighted by Crippen LogP contribution is -1.96. The van der Waals surface area contributed by atoms with Crippen LogP contribution in [0.3, 0.4) is 0 Å². The highest BCUT2D eigenvalue weighted by molar-refractivity contribution is 9.10. The van der Waals surface area contributed by atoms with Gasteiger partial charge in [-0.15, -0.1) is 0 Å². The summed E-state index contributed by atoms with van der Waals surface area (Å²) >= 11 is 9.48. The van der Waals surface area contributed by atoms with E-state index in [1.807, 2.05) is 6.07 Å². The number of hydrogen-bond acceptors (Lipinski definition) is 4. The summed E-state index contributed by atoms with van der Waals surface area (Å²) in [6.07, 6.45) is 0. The molecule has 2 aromatic rings. The zero-order chi connectivity index (χ0) is 15.4. The lowest BCUT2D eigenvalue weighted by molar-refractivity contribution is 0.396. The second kappa shape index (κ2) is 6.70. The first kappa shape index (κ1) is 15.5. The third-order valence-corrected chi connectivity index (χ3v) is 3.79. The molecule has 0 aromatic heterocycles. The molecular formula is C15H12BrClN2O2. The first-order valence-corrected chi connectivity index (χ1v) is 7.14. The summed E-state index contributed by atoms with van der Waals surface area (Å²) in [7, 11) is 3.12. The van der Waals surface area contributed by atoms with Gasteiger partial charge < -0.3 is 14.8 Å². The number of benzene rings is 2. The Morgan fingerprint density at radius 3 is 2.43 bits per heavy atom. The number of anilines is 2. The Bertz CT molecular complexity index is 714. The molecular weight excluding hydrogens is 356 g/mol. The Morgan fingerprint density at radius 1 is 1.14 bits per heavy atom. The van der Waals surface area contributed by atoms with Crippen LogP contribution in [0.2, 0.25) is 5.02 Å². The van der Waals surface area contributed by atoms with Crippen molar-refractivity contribution in [1.29, 1.82) is 5.26 Å². The molecule has 6 heteroatoms. The summed E-state index contributed by atoms with van der Waals surface area (Å²) < 4.78 is 11.2. The van der Waals surface area contributed by atoms with E-state index < -0.39 is 0 Å². The molecule has 0 bridgehead atoms. The van der Waals surface area contributed by atoms with Gasteiger partial charge in [0, 0.05) is 16.2 Å². The topological polar surface area (TPSA) is 54.3 Å². The molecule has 0 saturated heterocycles. The van der Waals surface area contributed by atoms with Gasteiger partial charge in [0.05, 0.1) is 30.5 Å². The second-order valence-corrected chi connectivity index (χ2v) is 5.38. The summed E-state index contributed by atoms with van der Waals surface area (Å²) in [6, 6.07) is 10.9. The molecule has 0 atom stereocenters. The summed E-state index contributed by atoms with van der Waals surface area (Å²) in [5, 5.41) is 12.6. The number of halogens is 2. The Hall–Kier alpha value is -1.90. The number of nitrogens with one attached hydrogen (secondary N) is 1. The maximum Gasteiger partial charge on any atom is 0.146 e. The van der Waals surface area contributed by atoms with Crippen molar-refractivity contribution in [3.05, 3.63) is 45.4 Å². The summed E-state index contributed by atoms with van der Waals surface area (Å²) in [5.41, 5.74) is 2.08. The molecule has 0 aliphatic rings. The van der Waals surface area contributed by atoms with E-state index in [0.29, 0.717) is 32.2 Å². The van der Waals surface area contributed by atoms with Crippen molar-refractivity contribution in [2.75, 3.05) is 19.5 Å². The maximum absolute atomic E-state index is 8.92. The third-order valence-electron chi connectivity index (χ3n) is 2.84. The van der Waals surface area contributed by atoms with E-state index in [4.69, 9.17) is 26.3 Å². The van der Waals surface area contributed by atoms with Gasteiger partial charge in [0.2, 0.25) is 0 Å². The average Bonchev–Trinajstić information content (AvgIpc) is 2.48. The van der Waals surface area contributed by atoms with Crippen LogP contribution in [-0.2, 0) is 0 Å². The third kappa shape index (κ3) is 3.41. The number of hydrogen-bond donors (Lipinski definition) is 1. The van der Waals surface area contributed by atoms with E-state index in [9.17, 15) is 0 Å². The van der Waals surface area contributed by atoms with Crippen LogP contribution >= 0.6 is 27.5 Å². The second-order valence-electron chi connectivity index (χ2n) is 4.12. The van der Waals surface area contributed by atoms with Gasteiger partial charge in [0.15, 0.2) is 0 Å². The first-order chi connectivity index (χ1) is 10.1. The van der Waals surface area contributed by atoms with E-state index in [-0.39, 0.29) is 0 Å². The summed E-state index contributed by atoms with van der Waals surface area (Å²) in [5.74, 6) is 1.15. The van der Waals surface area contributed by atoms with E-state index in [0.717, 1.165) is 5.69 Å². The molecule has 108 valence electrons. The van der Waals surface area contributed by atoms with E-state index in [1.165, 1.54) is 0 Å². The van der Waals surface area contributed by atoms with Crippen LogP contribution in [0.4, 0.5) is 11.4 Å². The molecule has 0 unspecified atom stereocenters. The fourth-order valence-corrected chi connectivity index (χ4v) is 2.51. The minimum absolute atomic E-state index is 0.480. The standard InChI is InChI=1S/C15H12BrClN2O2/c1-20-14-7-15(21-2)13(6-12(14)17)19-10-4-3-9(8-18)11(16)5-10/h3-7,19H,1-2H3. The van der Waals surface area contributed by atoms with Crippen LogP contribution in [0.1, 0.15) is 5.56 Å². The molecule has 0 heterocycles. The number of methoxy groups -OCH3 is 2. The van der Waals surface area contributed by atoms with Gasteiger partial charge in [-0.2, -0.15) is 5.26 Å². The highest BCUT2D eigenvalue weighted by Gasteiger charge is 2.10. The fraction of sp³-hybridized carbons (Fsp3) is 0.133. The molecule has 2 aromatic carbocycles. The van der Waals surface area contributed by atoms with Gasteiger partial charge in [-0.25, -0.2) is 0 Å². The van der Waals surface area contributed by atoms with E-state index in [1.54, 1.807) is 38.5 Å². The number of nitrogens with zero attached hydrogens (tertiary/aromatic N) is 1. The Kier molecular flexibility index (Phi) is 4.94. The van der Waals surface area contributed by atoms with Crippen LogP contribution in [0.5, 0.6) is 11.5 Å². The quantitative estimate of drug-likeness (QED) is 0.848. The van der Waals surface area contributed by atoms with Gasteiger partial charge >= 0.3 is 0 Å². The first-order valence-electron chi connectivity index (χ1n) is 5.97. The van der Waals surface area contributed by atoms with Crippen LogP contribution < -0.4 is 14.8 Å². The van der Waals surface area contributed by atoms with Crippen molar-refractivity contribution in [2.45, 2.75) is 0 Å². The lowest BCUT2D eigenvalue weighted by atomic mass is 10.2. The molecule has 0 spiro atoms. The zero-order valence-corrected chi connectivity index (χ0v) is 13.7. The Labute approximate surface area is 136 Å². The van der Waals surface area contributed by atoms with Crippen molar-refractivity contribution in [3.63, 3.8) is 0 Å². The molecule has 0 fully saturated rings. The lowest BCUT2D eigenvalue weighted by Gasteiger charge is -2.14. The molecule has 0 saturated carbocycles. The molecule has 21 heavy (non-hydrogen) atoms. The SMILES string of the molecule is COc1cc(OC)c(Nc2ccc(C#N)c(Br)c2)cc1Cl. The van der Waals surface area contributed by atoms with Gasteiger partial charge in [0.1, 0.15) is 17.6 Å². The molecule has 0 amide bonds. The van der Waals surface area contributed by atoms with Gasteiger partial charge in [-0.3, -0.25) is 0 Å². The van der Waals surface area contributed by atoms with Gasteiger partial charge in [-0.1, -0.05) is 11.6 Å². The van der Waals surface area contributed by atoms with Crippen LogP contribution in [0.15, 0.2) is 34.8 Å². The Balaban J connectivity index is 2.37. The maximum atomic E-state index is 8.92. The predicted octanol–water partition coefficient (Wildman–Crippen LogP) is 4.73. The Morgan fingerprint density at radius 2 is 1.86 bits per heavy atom. The minimum Gasteiger partial charge on any atom is -0.495 e. The van der Waals surface area contributed by atoms with Crippen molar-refractivity contribution < 1.29 is 9.47 Å². The van der Waals surface area contributed by atoms with Gasteiger partial charge in [-0.05, 0) is 40.2 Å². The van der Waals surface area contributed by atoms with Crippen LogP contribution in [-0.4, -0.2) is 14.2 Å². The summed E-state index contributed by atoms with van der Waals surface area (Å²) in [4.78, 5) is 0. The molecule has 0 aliphatic carbocycles. The minimum atomic E-state index is 0.480. The molecule has 1 N–H and O–H groups in total. The van der Waals surface area contributed by atoms with Crippen molar-refractivity contribution in [1.82, 2.24) is 0 Å². The normalized spacial score (nSPS) is 9.86. The average molecular weight is 368 g/mol. The van der Waals surface area contributed by atoms with Crippen molar-refractivity contribution >= 4 is 38.9 Å². The molecule has 0 radical (unpaired) electrons. The molecule has 2 rings (SSSR count). The van der Waals surface area contributed by atoms with Crippen molar-refractivity contribution in [2.24, 2.45) is 0 Å². The zero-order valence-electron chi connectivity index (χ0n) is 11.4. The van der Waals surface area contributed by atoms with E-state index in [2.05, 4.69) is 27.3 Å². The van der Waals surface area contributed by atoms with Crippen molar-refractivity contribution in [3.8, 4) is 17.6 Å². The highest BCUT2D eigenvalue weighted by Crippen LogP contribution is 2.37. The molecule has 0 aliphatic heterocycles. The van der Waals surface area contributed by atoms with Crippen LogP contribution in [0, 0.1) is 11.3 Å². The highest BCUT2D eigenvalue weighted by atomic mass is 79.9. The largest absolute Gasteiger partial charge is 0.495 e. The number of rotatable bonds is 4. The van der Waals surface area contributed by atoms with E-state index >= 15 is 0 Å². The molecule has 4 nitrogen and oxygen atoms in total. The fourth-order valence-electron chi connectivity index (χ4n) is 1.80. The van der Waals surface area contributed by atoms with Crippen LogP contribution in [0.25, 0.3) is 0 Å². The smallest absolute Gasteiger partial charge is 0.146 e. The number of ether oxygens (including phenoxy) is 2. The van der Waals surface area contributed by atoms with Gasteiger partial charge in [0.25, 0.3) is 0 Å². The summed E-state index contributed by atoms with van der Waals surface area (Å²) in [6.45, 7) is 0. The predicted molar refractivity (Wildman–Crippen MR) is 86.7 cm³/mol. The monoisotopic (exact) mass is 366 g/mol. The number of nitriles is 1.